The summed E-state index contributed by atoms with van der Waals surface area (Å²) in [6.07, 6.45) is 3.60. The molecule has 2 atom stereocenters. The van der Waals surface area contributed by atoms with Gasteiger partial charge in [-0.05, 0) is 51.0 Å². The number of nitrogens with zero attached hydrogens (tertiary/aromatic N) is 2. The minimum absolute atomic E-state index is 0.0467. The highest BCUT2D eigenvalue weighted by atomic mass is 16.5. The molecule has 3 rings (SSSR count). The highest BCUT2D eigenvalue weighted by Crippen LogP contribution is 2.18. The predicted molar refractivity (Wildman–Crippen MR) is 101 cm³/mol. The minimum atomic E-state index is -0.291. The summed E-state index contributed by atoms with van der Waals surface area (Å²) in [5, 5.41) is 6.35. The van der Waals surface area contributed by atoms with Crippen LogP contribution in [0.2, 0.25) is 0 Å². The molecule has 0 spiro atoms. The van der Waals surface area contributed by atoms with Crippen LogP contribution in [0, 0.1) is 6.92 Å². The maximum absolute atomic E-state index is 13.0. The van der Waals surface area contributed by atoms with Gasteiger partial charge in [-0.15, -0.1) is 0 Å². The Labute approximate surface area is 154 Å². The van der Waals surface area contributed by atoms with Crippen molar-refractivity contribution in [2.45, 2.75) is 44.9 Å². The van der Waals surface area contributed by atoms with E-state index in [4.69, 9.17) is 4.74 Å². The summed E-state index contributed by atoms with van der Waals surface area (Å²) in [5.41, 5.74) is 0.793. The highest BCUT2D eigenvalue weighted by Gasteiger charge is 2.34. The molecule has 7 nitrogen and oxygen atoms in total. The summed E-state index contributed by atoms with van der Waals surface area (Å²) >= 11 is 0. The Bertz CT molecular complexity index is 697. The fraction of sp³-hybridized carbons (Fsp3) is 0.684. The van der Waals surface area contributed by atoms with Gasteiger partial charge in [0.2, 0.25) is 0 Å². The molecular formula is C19H30N4O3. The van der Waals surface area contributed by atoms with Gasteiger partial charge >= 0.3 is 0 Å². The first-order chi connectivity index (χ1) is 12.5. The van der Waals surface area contributed by atoms with Crippen molar-refractivity contribution in [1.82, 2.24) is 20.1 Å². The third kappa shape index (κ3) is 3.84. The van der Waals surface area contributed by atoms with E-state index in [9.17, 15) is 9.59 Å². The summed E-state index contributed by atoms with van der Waals surface area (Å²) in [7, 11) is 1.67. The van der Waals surface area contributed by atoms with Crippen molar-refractivity contribution in [3.05, 3.63) is 33.7 Å². The molecule has 0 aliphatic carbocycles. The molecule has 7 heteroatoms. The molecule has 3 heterocycles. The van der Waals surface area contributed by atoms with E-state index in [1.54, 1.807) is 11.7 Å². The molecule has 2 N–H and O–H groups in total. The standard InChI is InChI=1S/C19H30N4O3/c1-4-22-11-15(16(12-22)26-3)21-18(24)17-13(2)7-10-23(19(17)25)14-5-8-20-9-6-14/h7,10,14-16,20H,4-6,8-9,11-12H2,1-3H3,(H,21,24)/t15-,16-/m0/s1. The van der Waals surface area contributed by atoms with Crippen LogP contribution in [-0.4, -0.2) is 67.4 Å². The Morgan fingerprint density at radius 3 is 2.73 bits per heavy atom. The second kappa shape index (κ2) is 8.33. The molecule has 0 aromatic carbocycles. The van der Waals surface area contributed by atoms with Crippen LogP contribution in [0.4, 0.5) is 0 Å². The topological polar surface area (TPSA) is 75.6 Å². The normalized spacial score (nSPS) is 24.7. The van der Waals surface area contributed by atoms with E-state index in [2.05, 4.69) is 22.5 Å². The lowest BCUT2D eigenvalue weighted by atomic mass is 10.0. The average Bonchev–Trinajstić information content (AvgIpc) is 3.04. The van der Waals surface area contributed by atoms with Gasteiger partial charge in [0.15, 0.2) is 0 Å². The van der Waals surface area contributed by atoms with Crippen molar-refractivity contribution >= 4 is 5.91 Å². The van der Waals surface area contributed by atoms with Crippen LogP contribution in [0.15, 0.2) is 17.1 Å². The summed E-state index contributed by atoms with van der Waals surface area (Å²) in [6, 6.07) is 1.93. The first-order valence-corrected chi connectivity index (χ1v) is 9.53. The van der Waals surface area contributed by atoms with E-state index in [1.165, 1.54) is 0 Å². The fourth-order valence-corrected chi connectivity index (χ4v) is 4.02. The largest absolute Gasteiger partial charge is 0.378 e. The third-order valence-electron chi connectivity index (χ3n) is 5.67. The lowest BCUT2D eigenvalue weighted by molar-refractivity contribution is 0.0760. The first kappa shape index (κ1) is 19.1. The molecule has 2 aliphatic heterocycles. The number of likely N-dealkylation sites (N-methyl/N-ethyl adjacent to an activating group) is 1. The number of nitrogens with one attached hydrogen (secondary N) is 2. The van der Waals surface area contributed by atoms with Crippen LogP contribution in [0.25, 0.3) is 0 Å². The number of aryl methyl sites for hydroxylation is 1. The number of rotatable bonds is 5. The number of ether oxygens (including phenoxy) is 1. The van der Waals surface area contributed by atoms with Crippen LogP contribution in [0.1, 0.15) is 41.7 Å². The van der Waals surface area contributed by atoms with Gasteiger partial charge in [0.25, 0.3) is 11.5 Å². The van der Waals surface area contributed by atoms with E-state index in [-0.39, 0.29) is 35.2 Å². The minimum Gasteiger partial charge on any atom is -0.378 e. The number of carbonyl (C=O) groups excluding carboxylic acids is 1. The Kier molecular flexibility index (Phi) is 6.11. The molecule has 144 valence electrons. The van der Waals surface area contributed by atoms with Crippen molar-refractivity contribution in [3.63, 3.8) is 0 Å². The highest BCUT2D eigenvalue weighted by molar-refractivity contribution is 5.95. The van der Waals surface area contributed by atoms with Crippen LogP contribution in [-0.2, 0) is 4.74 Å². The third-order valence-corrected chi connectivity index (χ3v) is 5.67. The van der Waals surface area contributed by atoms with Gasteiger partial charge in [0, 0.05) is 32.4 Å². The maximum Gasteiger partial charge on any atom is 0.263 e. The van der Waals surface area contributed by atoms with E-state index in [0.29, 0.717) is 0 Å². The maximum atomic E-state index is 13.0. The number of likely N-dealkylation sites (tertiary alicyclic amines) is 1. The van der Waals surface area contributed by atoms with E-state index < -0.39 is 0 Å². The summed E-state index contributed by atoms with van der Waals surface area (Å²) < 4.78 is 7.26. The Hall–Kier alpha value is -1.70. The van der Waals surface area contributed by atoms with Gasteiger partial charge in [0.1, 0.15) is 5.56 Å². The molecule has 0 radical (unpaired) electrons. The quantitative estimate of drug-likeness (QED) is 0.799. The van der Waals surface area contributed by atoms with Gasteiger partial charge < -0.3 is 19.9 Å². The van der Waals surface area contributed by atoms with Gasteiger partial charge in [-0.25, -0.2) is 0 Å². The Balaban J connectivity index is 1.81. The average molecular weight is 362 g/mol. The fourth-order valence-electron chi connectivity index (χ4n) is 4.02. The molecule has 0 unspecified atom stereocenters. The number of amides is 1. The van der Waals surface area contributed by atoms with Crippen molar-refractivity contribution in [1.29, 1.82) is 0 Å². The van der Waals surface area contributed by atoms with E-state index in [0.717, 1.165) is 51.1 Å². The van der Waals surface area contributed by atoms with E-state index >= 15 is 0 Å². The van der Waals surface area contributed by atoms with Gasteiger partial charge in [-0.3, -0.25) is 14.5 Å². The van der Waals surface area contributed by atoms with Gasteiger partial charge in [-0.2, -0.15) is 0 Å². The SMILES string of the molecule is CCN1C[C@H](NC(=O)c2c(C)ccn(C3CCNCC3)c2=O)[C@@H](OC)C1. The lowest BCUT2D eigenvalue weighted by Gasteiger charge is -2.25. The van der Waals surface area contributed by atoms with Gasteiger partial charge in [-0.1, -0.05) is 6.92 Å². The summed E-state index contributed by atoms with van der Waals surface area (Å²) in [4.78, 5) is 28.2. The Morgan fingerprint density at radius 1 is 1.35 bits per heavy atom. The zero-order valence-corrected chi connectivity index (χ0v) is 16.0. The zero-order chi connectivity index (χ0) is 18.7. The number of hydrogen-bond donors (Lipinski definition) is 2. The summed E-state index contributed by atoms with van der Waals surface area (Å²) in [5.74, 6) is -0.291. The molecule has 0 bridgehead atoms. The molecule has 1 amide bonds. The van der Waals surface area contributed by atoms with Crippen molar-refractivity contribution in [3.8, 4) is 0 Å². The van der Waals surface area contributed by atoms with E-state index in [1.807, 2.05) is 19.2 Å². The molecule has 1 aromatic heterocycles. The van der Waals surface area contributed by atoms with Crippen LogP contribution in [0.3, 0.4) is 0 Å². The number of pyridine rings is 1. The van der Waals surface area contributed by atoms with Crippen molar-refractivity contribution in [2.75, 3.05) is 39.8 Å². The number of hydrogen-bond acceptors (Lipinski definition) is 5. The first-order valence-electron chi connectivity index (χ1n) is 9.53. The second-order valence-electron chi connectivity index (χ2n) is 7.27. The zero-order valence-electron chi connectivity index (χ0n) is 16.0. The van der Waals surface area contributed by atoms with Gasteiger partial charge in [0.05, 0.1) is 12.1 Å². The second-order valence-corrected chi connectivity index (χ2v) is 7.27. The van der Waals surface area contributed by atoms with Crippen LogP contribution >= 0.6 is 0 Å². The van der Waals surface area contributed by atoms with Crippen LogP contribution in [0.5, 0.6) is 0 Å². The van der Waals surface area contributed by atoms with Crippen molar-refractivity contribution < 1.29 is 9.53 Å². The number of methoxy groups -OCH3 is 1. The summed E-state index contributed by atoms with van der Waals surface area (Å²) in [6.45, 7) is 8.17. The molecule has 2 saturated heterocycles. The van der Waals surface area contributed by atoms with Crippen LogP contribution < -0.4 is 16.2 Å². The molecule has 2 aliphatic rings. The number of carbonyl (C=O) groups is 1. The smallest absolute Gasteiger partial charge is 0.263 e. The lowest BCUT2D eigenvalue weighted by Crippen LogP contribution is -2.46. The monoisotopic (exact) mass is 362 g/mol. The number of piperidine rings is 1. The predicted octanol–water partition coefficient (Wildman–Crippen LogP) is 0.530. The Morgan fingerprint density at radius 2 is 2.08 bits per heavy atom. The molecular weight excluding hydrogens is 332 g/mol. The molecule has 1 aromatic rings. The molecule has 2 fully saturated rings. The molecule has 26 heavy (non-hydrogen) atoms. The number of aromatic nitrogens is 1. The van der Waals surface area contributed by atoms with Crippen molar-refractivity contribution in [2.24, 2.45) is 0 Å². The molecule has 0 saturated carbocycles.